The van der Waals surface area contributed by atoms with Crippen LogP contribution in [0.4, 0.5) is 0 Å². The van der Waals surface area contributed by atoms with Crippen molar-refractivity contribution in [2.45, 2.75) is 400 Å². The van der Waals surface area contributed by atoms with Crippen molar-refractivity contribution in [2.24, 2.45) is 11.8 Å². The molecule has 0 amide bonds. The lowest BCUT2D eigenvalue weighted by Gasteiger charge is -2.21. The van der Waals surface area contributed by atoms with E-state index in [0.717, 1.165) is 121 Å². The van der Waals surface area contributed by atoms with Crippen molar-refractivity contribution >= 4 is 39.5 Å². The van der Waals surface area contributed by atoms with Crippen LogP contribution >= 0.6 is 15.6 Å². The normalized spacial score (nSPS) is 14.1. The number of hydrogen-bond donors (Lipinski definition) is 3. The van der Waals surface area contributed by atoms with Gasteiger partial charge in [-0.05, 0) is 63.2 Å². The van der Waals surface area contributed by atoms with Crippen LogP contribution in [0.5, 0.6) is 0 Å². The zero-order valence-corrected chi connectivity index (χ0v) is 64.7. The minimum atomic E-state index is -4.97. The summed E-state index contributed by atoms with van der Waals surface area (Å²) in [6.45, 7) is 9.53. The molecule has 0 aromatic rings. The number of esters is 4. The molecule has 5 atom stereocenters. The molecule has 0 aromatic carbocycles. The molecule has 0 aliphatic rings. The third-order valence-corrected chi connectivity index (χ3v) is 19.5. The SMILES string of the molecule is CCCCCC/C=C\C=C/CCCCCCCC(=O)OC[C@H](COP(=O)(O)OC[C@@H](O)COP(=O)(O)OC[C@@H](COC(=O)CCCCCCCCCCC)OC(=O)CCCCCCCCCCCC(C)C)OC(=O)CCCCCCCCCCCCCCCCCCCCC(C)C. The summed E-state index contributed by atoms with van der Waals surface area (Å²) >= 11 is 0. The predicted octanol–water partition coefficient (Wildman–Crippen LogP) is 22.7. The Kier molecular flexibility index (Phi) is 67.5. The number of aliphatic hydroxyl groups excluding tert-OH is 1. The van der Waals surface area contributed by atoms with Crippen molar-refractivity contribution in [1.29, 1.82) is 0 Å². The highest BCUT2D eigenvalue weighted by Crippen LogP contribution is 2.45. The molecule has 0 fully saturated rings. The smallest absolute Gasteiger partial charge is 0.462 e. The Labute approximate surface area is 592 Å². The van der Waals surface area contributed by atoms with Crippen molar-refractivity contribution in [2.75, 3.05) is 39.6 Å². The van der Waals surface area contributed by atoms with Gasteiger partial charge in [0, 0.05) is 25.7 Å². The second-order valence-electron chi connectivity index (χ2n) is 28.4. The highest BCUT2D eigenvalue weighted by Gasteiger charge is 2.30. The molecule has 0 aliphatic heterocycles. The largest absolute Gasteiger partial charge is 0.472 e. The average Bonchev–Trinajstić information content (AvgIpc) is 1.35. The zero-order valence-electron chi connectivity index (χ0n) is 62.9. The second kappa shape index (κ2) is 69.3. The molecule has 17 nitrogen and oxygen atoms in total. The molecule has 19 heteroatoms. The molecule has 0 aliphatic carbocycles. The molecule has 0 rings (SSSR count). The van der Waals surface area contributed by atoms with E-state index >= 15 is 0 Å². The van der Waals surface area contributed by atoms with Crippen LogP contribution in [0.15, 0.2) is 24.3 Å². The van der Waals surface area contributed by atoms with E-state index in [2.05, 4.69) is 65.8 Å². The van der Waals surface area contributed by atoms with Crippen molar-refractivity contribution in [3.63, 3.8) is 0 Å². The van der Waals surface area contributed by atoms with Gasteiger partial charge in [-0.2, -0.15) is 0 Å². The summed E-state index contributed by atoms with van der Waals surface area (Å²) < 4.78 is 68.5. The van der Waals surface area contributed by atoms with Crippen LogP contribution in [0.25, 0.3) is 0 Å². The van der Waals surface area contributed by atoms with Gasteiger partial charge >= 0.3 is 39.5 Å². The van der Waals surface area contributed by atoms with Gasteiger partial charge in [-0.1, -0.05) is 329 Å². The van der Waals surface area contributed by atoms with Gasteiger partial charge in [0.2, 0.25) is 0 Å². The van der Waals surface area contributed by atoms with Crippen molar-refractivity contribution in [3.8, 4) is 0 Å². The third kappa shape index (κ3) is 71.7. The van der Waals surface area contributed by atoms with E-state index in [1.807, 2.05) is 0 Å². The lowest BCUT2D eigenvalue weighted by atomic mass is 10.0. The van der Waals surface area contributed by atoms with E-state index in [9.17, 15) is 43.2 Å². The zero-order chi connectivity index (χ0) is 71.4. The van der Waals surface area contributed by atoms with E-state index in [1.165, 1.54) is 180 Å². The number of carbonyl (C=O) groups excluding carboxylic acids is 4. The summed E-state index contributed by atoms with van der Waals surface area (Å²) in [5.41, 5.74) is 0. The number of rotatable bonds is 75. The fourth-order valence-electron chi connectivity index (χ4n) is 11.5. The number of hydrogen-bond acceptors (Lipinski definition) is 15. The lowest BCUT2D eigenvalue weighted by Crippen LogP contribution is -2.30. The van der Waals surface area contributed by atoms with Gasteiger partial charge < -0.3 is 33.8 Å². The molecule has 97 heavy (non-hydrogen) atoms. The van der Waals surface area contributed by atoms with E-state index in [-0.39, 0.29) is 25.7 Å². The first kappa shape index (κ1) is 94.5. The van der Waals surface area contributed by atoms with Gasteiger partial charge in [0.25, 0.3) is 0 Å². The Morgan fingerprint density at radius 3 is 0.845 bits per heavy atom. The summed E-state index contributed by atoms with van der Waals surface area (Å²) in [5.74, 6) is -0.592. The van der Waals surface area contributed by atoms with Crippen LogP contribution < -0.4 is 0 Å². The highest BCUT2D eigenvalue weighted by atomic mass is 31.2. The lowest BCUT2D eigenvalue weighted by molar-refractivity contribution is -0.161. The molecule has 0 spiro atoms. The Morgan fingerprint density at radius 2 is 0.557 bits per heavy atom. The first-order chi connectivity index (χ1) is 46.9. The monoisotopic (exact) mass is 1420 g/mol. The topological polar surface area (TPSA) is 237 Å². The summed E-state index contributed by atoms with van der Waals surface area (Å²) in [6.07, 6.45) is 60.6. The number of unbranched alkanes of at least 4 members (excludes halogenated alkanes) is 42. The van der Waals surface area contributed by atoms with Crippen molar-refractivity contribution < 1.29 is 80.2 Å². The molecular weight excluding hydrogens is 1270 g/mol. The molecule has 0 radical (unpaired) electrons. The summed E-state index contributed by atoms with van der Waals surface area (Å²) in [5, 5.41) is 10.6. The van der Waals surface area contributed by atoms with Gasteiger partial charge in [0.05, 0.1) is 26.4 Å². The van der Waals surface area contributed by atoms with E-state index in [1.54, 1.807) is 0 Å². The average molecular weight is 1420 g/mol. The number of carbonyl (C=O) groups is 4. The Hall–Kier alpha value is -2.46. The maximum absolute atomic E-state index is 13.1. The van der Waals surface area contributed by atoms with Gasteiger partial charge in [-0.15, -0.1) is 0 Å². The number of phosphoric acid groups is 2. The Morgan fingerprint density at radius 1 is 0.320 bits per heavy atom. The maximum atomic E-state index is 13.1. The van der Waals surface area contributed by atoms with Gasteiger partial charge in [-0.25, -0.2) is 9.13 Å². The standard InChI is InChI=1S/C78H148O17P2/c1-7-9-11-13-15-17-18-19-24-28-31-37-43-49-55-61-76(81)89-67-74(94-77(82)62-56-50-44-38-32-29-26-23-21-20-22-25-27-30-35-40-46-52-58-70(3)4)69-93-97(86,87)91-65-72(79)64-90-96(84,85)92-68-73(66-88-75(80)60-54-48-42-34-16-14-12-10-8-2)95-78(83)63-57-51-45-39-33-36-41-47-53-59-71(5)6/h17-19,24,70-74,79H,7-16,20-23,25-69H2,1-6H3,(H,84,85)(H,86,87)/b18-17-,24-19-/t72-,73+,74+/m0/s1. The van der Waals surface area contributed by atoms with E-state index in [0.29, 0.717) is 25.7 Å². The number of aliphatic hydroxyl groups is 1. The van der Waals surface area contributed by atoms with Crippen molar-refractivity contribution in [3.05, 3.63) is 24.3 Å². The molecule has 0 aromatic heterocycles. The van der Waals surface area contributed by atoms with Gasteiger partial charge in [0.15, 0.2) is 12.2 Å². The first-order valence-corrected chi connectivity index (χ1v) is 42.8. The second-order valence-corrected chi connectivity index (χ2v) is 31.3. The summed E-state index contributed by atoms with van der Waals surface area (Å²) in [6, 6.07) is 0. The van der Waals surface area contributed by atoms with E-state index < -0.39 is 97.5 Å². The molecule has 3 N–H and O–H groups in total. The van der Waals surface area contributed by atoms with Crippen LogP contribution in [0.2, 0.25) is 0 Å². The fourth-order valence-corrected chi connectivity index (χ4v) is 13.0. The maximum Gasteiger partial charge on any atom is 0.472 e. The molecule has 572 valence electrons. The minimum absolute atomic E-state index is 0.101. The molecule has 0 bridgehead atoms. The summed E-state index contributed by atoms with van der Waals surface area (Å²) in [4.78, 5) is 72.8. The van der Waals surface area contributed by atoms with Crippen LogP contribution in [-0.4, -0.2) is 96.7 Å². The number of ether oxygens (including phenoxy) is 4. The third-order valence-electron chi connectivity index (χ3n) is 17.6. The fraction of sp³-hybridized carbons (Fsp3) is 0.897. The van der Waals surface area contributed by atoms with Crippen molar-refractivity contribution in [1.82, 2.24) is 0 Å². The van der Waals surface area contributed by atoms with Crippen LogP contribution in [-0.2, 0) is 65.4 Å². The van der Waals surface area contributed by atoms with Crippen LogP contribution in [0, 0.1) is 11.8 Å². The number of phosphoric ester groups is 2. The Bertz CT molecular complexity index is 1970. The highest BCUT2D eigenvalue weighted by molar-refractivity contribution is 7.47. The van der Waals surface area contributed by atoms with Crippen LogP contribution in [0.3, 0.4) is 0 Å². The quantitative estimate of drug-likeness (QED) is 0.0169. The Balaban J connectivity index is 5.23. The molecule has 0 saturated heterocycles. The van der Waals surface area contributed by atoms with Gasteiger partial charge in [-0.3, -0.25) is 37.3 Å². The number of allylic oxidation sites excluding steroid dienone is 4. The molecule has 0 heterocycles. The predicted molar refractivity (Wildman–Crippen MR) is 395 cm³/mol. The summed E-state index contributed by atoms with van der Waals surface area (Å²) in [7, 11) is -9.92. The molecule has 0 saturated carbocycles. The minimum Gasteiger partial charge on any atom is -0.462 e. The van der Waals surface area contributed by atoms with Gasteiger partial charge in [0.1, 0.15) is 19.3 Å². The van der Waals surface area contributed by atoms with Crippen LogP contribution in [0.1, 0.15) is 382 Å². The van der Waals surface area contributed by atoms with E-state index in [4.69, 9.17) is 37.0 Å². The molecular formula is C78H148O17P2. The first-order valence-electron chi connectivity index (χ1n) is 39.8. The molecule has 2 unspecified atom stereocenters.